The van der Waals surface area contributed by atoms with Gasteiger partial charge in [0.25, 0.3) is 0 Å². The molecular weight excluding hydrogens is 408 g/mol. The summed E-state index contributed by atoms with van der Waals surface area (Å²) in [5.41, 5.74) is 5.98. The number of nitrogens with two attached hydrogens (primary N) is 1. The molecule has 0 aromatic heterocycles. The number of nitrogens with one attached hydrogen (secondary N) is 3. The molecule has 0 aliphatic rings. The molecule has 0 aliphatic heterocycles. The SMILES string of the molecule is CC[C@H](C)[C@H](N)C(=O)N[C@@H](CC(C)C)C(=O)N[C@@H](CCSC)C(=O)N[C@@H](C)C(=O)O. The second-order valence-electron chi connectivity index (χ2n) is 8.01. The number of amides is 3. The summed E-state index contributed by atoms with van der Waals surface area (Å²) < 4.78 is 0. The molecule has 10 heteroatoms. The van der Waals surface area contributed by atoms with Gasteiger partial charge < -0.3 is 26.8 Å². The number of hydrogen-bond acceptors (Lipinski definition) is 6. The van der Waals surface area contributed by atoms with E-state index in [4.69, 9.17) is 10.8 Å². The highest BCUT2D eigenvalue weighted by Gasteiger charge is 2.30. The summed E-state index contributed by atoms with van der Waals surface area (Å²) in [5, 5.41) is 16.8. The molecule has 174 valence electrons. The van der Waals surface area contributed by atoms with E-state index in [9.17, 15) is 19.2 Å². The third kappa shape index (κ3) is 10.3. The van der Waals surface area contributed by atoms with Crippen LogP contribution in [0.1, 0.15) is 53.9 Å². The summed E-state index contributed by atoms with van der Waals surface area (Å²) in [7, 11) is 0. The van der Waals surface area contributed by atoms with Crippen molar-refractivity contribution in [3.63, 3.8) is 0 Å². The molecule has 0 aromatic carbocycles. The van der Waals surface area contributed by atoms with Gasteiger partial charge in [-0.2, -0.15) is 11.8 Å². The largest absolute Gasteiger partial charge is 0.480 e. The molecule has 3 amide bonds. The van der Waals surface area contributed by atoms with Gasteiger partial charge in [0.2, 0.25) is 17.7 Å². The normalized spacial score (nSPS) is 16.1. The Hall–Kier alpha value is -1.81. The topological polar surface area (TPSA) is 151 Å². The van der Waals surface area contributed by atoms with Gasteiger partial charge in [0.15, 0.2) is 0 Å². The van der Waals surface area contributed by atoms with Crippen LogP contribution < -0.4 is 21.7 Å². The van der Waals surface area contributed by atoms with Gasteiger partial charge in [0.05, 0.1) is 6.04 Å². The zero-order chi connectivity index (χ0) is 23.4. The lowest BCUT2D eigenvalue weighted by Gasteiger charge is -2.26. The highest BCUT2D eigenvalue weighted by molar-refractivity contribution is 7.98. The van der Waals surface area contributed by atoms with E-state index in [1.165, 1.54) is 18.7 Å². The maximum Gasteiger partial charge on any atom is 0.325 e. The fraction of sp³-hybridized carbons (Fsp3) is 0.800. The predicted octanol–water partition coefficient (Wildman–Crippen LogP) is 0.718. The van der Waals surface area contributed by atoms with E-state index in [0.717, 1.165) is 6.42 Å². The Balaban J connectivity index is 5.33. The number of carbonyl (C=O) groups is 4. The number of aliphatic carboxylic acids is 1. The van der Waals surface area contributed by atoms with Gasteiger partial charge in [-0.1, -0.05) is 34.1 Å². The third-order valence-corrected chi connectivity index (χ3v) is 5.52. The Bertz CT molecular complexity index is 588. The van der Waals surface area contributed by atoms with Crippen molar-refractivity contribution in [3.8, 4) is 0 Å². The Kier molecular flexibility index (Phi) is 13.4. The monoisotopic (exact) mass is 446 g/mol. The van der Waals surface area contributed by atoms with Crippen LogP contribution in [0, 0.1) is 11.8 Å². The minimum atomic E-state index is -1.16. The fourth-order valence-electron chi connectivity index (χ4n) is 2.64. The van der Waals surface area contributed by atoms with Crippen molar-refractivity contribution in [2.45, 2.75) is 78.0 Å². The Morgan fingerprint density at radius 3 is 1.93 bits per heavy atom. The summed E-state index contributed by atoms with van der Waals surface area (Å²) >= 11 is 1.51. The molecule has 0 rings (SSSR count). The molecular formula is C20H38N4O5S. The molecule has 0 unspecified atom stereocenters. The zero-order valence-corrected chi connectivity index (χ0v) is 19.7. The number of hydrogen-bond donors (Lipinski definition) is 5. The van der Waals surface area contributed by atoms with Gasteiger partial charge >= 0.3 is 5.97 Å². The van der Waals surface area contributed by atoms with E-state index in [-0.39, 0.29) is 11.8 Å². The highest BCUT2D eigenvalue weighted by atomic mass is 32.2. The fourth-order valence-corrected chi connectivity index (χ4v) is 3.11. The highest BCUT2D eigenvalue weighted by Crippen LogP contribution is 2.10. The smallest absolute Gasteiger partial charge is 0.325 e. The predicted molar refractivity (Wildman–Crippen MR) is 119 cm³/mol. The van der Waals surface area contributed by atoms with Crippen molar-refractivity contribution >= 4 is 35.5 Å². The lowest BCUT2D eigenvalue weighted by molar-refractivity contribution is -0.141. The summed E-state index contributed by atoms with van der Waals surface area (Å²) in [5.74, 6) is -1.95. The van der Waals surface area contributed by atoms with Crippen LogP contribution in [0.3, 0.4) is 0 Å². The van der Waals surface area contributed by atoms with Gasteiger partial charge in [-0.05, 0) is 43.6 Å². The van der Waals surface area contributed by atoms with Crippen LogP contribution in [0.2, 0.25) is 0 Å². The molecule has 0 heterocycles. The van der Waals surface area contributed by atoms with Crippen molar-refractivity contribution in [2.24, 2.45) is 17.6 Å². The maximum absolute atomic E-state index is 12.9. The van der Waals surface area contributed by atoms with Crippen LogP contribution in [-0.4, -0.2) is 65.0 Å². The molecule has 0 aliphatic carbocycles. The van der Waals surface area contributed by atoms with Gasteiger partial charge in [0, 0.05) is 0 Å². The van der Waals surface area contributed by atoms with Crippen LogP contribution in [-0.2, 0) is 19.2 Å². The van der Waals surface area contributed by atoms with E-state index >= 15 is 0 Å². The number of thioether (sulfide) groups is 1. The van der Waals surface area contributed by atoms with Crippen LogP contribution in [0.4, 0.5) is 0 Å². The average Bonchev–Trinajstić information content (AvgIpc) is 2.68. The number of carboxylic acid groups (broad SMARTS) is 1. The van der Waals surface area contributed by atoms with Crippen molar-refractivity contribution in [3.05, 3.63) is 0 Å². The van der Waals surface area contributed by atoms with Crippen LogP contribution >= 0.6 is 11.8 Å². The second-order valence-corrected chi connectivity index (χ2v) is 9.00. The lowest BCUT2D eigenvalue weighted by Crippen LogP contribution is -2.57. The average molecular weight is 447 g/mol. The molecule has 5 atom stereocenters. The van der Waals surface area contributed by atoms with Crippen molar-refractivity contribution < 1.29 is 24.3 Å². The minimum absolute atomic E-state index is 0.0367. The molecule has 0 saturated heterocycles. The molecule has 0 fully saturated rings. The first-order chi connectivity index (χ1) is 13.9. The van der Waals surface area contributed by atoms with E-state index in [1.807, 2.05) is 34.0 Å². The Morgan fingerprint density at radius 2 is 1.47 bits per heavy atom. The van der Waals surface area contributed by atoms with E-state index < -0.39 is 47.9 Å². The van der Waals surface area contributed by atoms with E-state index in [1.54, 1.807) is 0 Å². The van der Waals surface area contributed by atoms with Crippen LogP contribution in [0.5, 0.6) is 0 Å². The summed E-state index contributed by atoms with van der Waals surface area (Å²) in [6, 6.07) is -3.55. The van der Waals surface area contributed by atoms with E-state index in [0.29, 0.717) is 18.6 Å². The Morgan fingerprint density at radius 1 is 0.933 bits per heavy atom. The van der Waals surface area contributed by atoms with Crippen molar-refractivity contribution in [1.82, 2.24) is 16.0 Å². The van der Waals surface area contributed by atoms with E-state index in [2.05, 4.69) is 16.0 Å². The number of rotatable bonds is 14. The van der Waals surface area contributed by atoms with Gasteiger partial charge in [-0.3, -0.25) is 19.2 Å². The summed E-state index contributed by atoms with van der Waals surface area (Å²) in [4.78, 5) is 48.9. The van der Waals surface area contributed by atoms with Crippen molar-refractivity contribution in [2.75, 3.05) is 12.0 Å². The second kappa shape index (κ2) is 14.2. The molecule has 9 nitrogen and oxygen atoms in total. The molecule has 6 N–H and O–H groups in total. The third-order valence-electron chi connectivity index (χ3n) is 4.87. The minimum Gasteiger partial charge on any atom is -0.480 e. The standard InChI is InChI=1S/C20H38N4O5S/c1-7-12(4)16(21)19(27)24-15(10-11(2)3)18(26)23-14(8-9-30-6)17(25)22-13(5)20(28)29/h11-16H,7-10,21H2,1-6H3,(H,22,25)(H,23,26)(H,24,27)(H,28,29)/t12-,13-,14-,15-,16-/m0/s1. The molecule has 0 bridgehead atoms. The van der Waals surface area contributed by atoms with Gasteiger partial charge in [-0.15, -0.1) is 0 Å². The Labute approximate surface area is 183 Å². The van der Waals surface area contributed by atoms with Gasteiger partial charge in [-0.25, -0.2) is 0 Å². The summed E-state index contributed by atoms with van der Waals surface area (Å²) in [6.07, 6.45) is 3.32. The number of carbonyl (C=O) groups excluding carboxylic acids is 3. The molecule has 30 heavy (non-hydrogen) atoms. The molecule has 0 radical (unpaired) electrons. The molecule has 0 spiro atoms. The van der Waals surface area contributed by atoms with Crippen LogP contribution in [0.15, 0.2) is 0 Å². The quantitative estimate of drug-likeness (QED) is 0.264. The summed E-state index contributed by atoms with van der Waals surface area (Å²) in [6.45, 7) is 9.00. The lowest BCUT2D eigenvalue weighted by atomic mass is 9.97. The van der Waals surface area contributed by atoms with Gasteiger partial charge in [0.1, 0.15) is 18.1 Å². The zero-order valence-electron chi connectivity index (χ0n) is 18.9. The first-order valence-electron chi connectivity index (χ1n) is 10.3. The van der Waals surface area contributed by atoms with Crippen LogP contribution in [0.25, 0.3) is 0 Å². The first-order valence-corrected chi connectivity index (χ1v) is 11.7. The number of carboxylic acids is 1. The first kappa shape index (κ1) is 28.2. The molecule has 0 aromatic rings. The molecule has 0 saturated carbocycles. The van der Waals surface area contributed by atoms with Crippen molar-refractivity contribution in [1.29, 1.82) is 0 Å². The maximum atomic E-state index is 12.9.